The van der Waals surface area contributed by atoms with E-state index in [2.05, 4.69) is 5.32 Å². The van der Waals surface area contributed by atoms with Gasteiger partial charge in [0.25, 0.3) is 0 Å². The third-order valence-corrected chi connectivity index (χ3v) is 4.10. The van der Waals surface area contributed by atoms with Crippen LogP contribution in [-0.4, -0.2) is 18.4 Å². The summed E-state index contributed by atoms with van der Waals surface area (Å²) in [6.45, 7) is 2.64. The molecule has 2 aromatic rings. The number of nitrogens with zero attached hydrogens (tertiary/aromatic N) is 1. The van der Waals surface area contributed by atoms with Crippen LogP contribution in [0.15, 0.2) is 48.5 Å². The molecule has 0 spiro atoms. The van der Waals surface area contributed by atoms with E-state index < -0.39 is 0 Å². The molecule has 0 atom stereocenters. The minimum atomic E-state index is -0.00882. The van der Waals surface area contributed by atoms with Crippen molar-refractivity contribution in [3.63, 3.8) is 0 Å². The Bertz CT molecular complexity index is 725. The van der Waals surface area contributed by atoms with Gasteiger partial charge in [0.05, 0.1) is 6.42 Å². The van der Waals surface area contributed by atoms with Crippen LogP contribution in [0, 0.1) is 0 Å². The number of aryl methyl sites for hydroxylation is 1. The number of rotatable bonds is 5. The van der Waals surface area contributed by atoms with Gasteiger partial charge in [-0.05, 0) is 42.7 Å². The molecular formula is C19H20N2O2. The van der Waals surface area contributed by atoms with Crippen LogP contribution in [-0.2, 0) is 22.4 Å². The number of nitrogens with one attached hydrogen (secondary N) is 1. The molecule has 1 aliphatic rings. The van der Waals surface area contributed by atoms with Crippen molar-refractivity contribution in [2.75, 3.05) is 16.8 Å². The summed E-state index contributed by atoms with van der Waals surface area (Å²) in [5.74, 6) is 0.112. The summed E-state index contributed by atoms with van der Waals surface area (Å²) in [5.41, 5.74) is 3.85. The van der Waals surface area contributed by atoms with E-state index in [9.17, 15) is 9.59 Å². The Kier molecular flexibility index (Phi) is 4.42. The molecule has 3 rings (SSSR count). The summed E-state index contributed by atoms with van der Waals surface area (Å²) in [4.78, 5) is 25.8. The topological polar surface area (TPSA) is 49.4 Å². The Balaban J connectivity index is 1.62. The van der Waals surface area contributed by atoms with E-state index in [1.54, 1.807) is 4.90 Å². The van der Waals surface area contributed by atoms with Crippen molar-refractivity contribution in [3.05, 3.63) is 59.7 Å². The van der Waals surface area contributed by atoms with Crippen LogP contribution in [0.1, 0.15) is 24.5 Å². The molecule has 0 aromatic heterocycles. The van der Waals surface area contributed by atoms with E-state index in [-0.39, 0.29) is 11.8 Å². The lowest BCUT2D eigenvalue weighted by atomic mass is 10.1. The first kappa shape index (κ1) is 15.3. The lowest BCUT2D eigenvalue weighted by molar-refractivity contribution is -0.117. The van der Waals surface area contributed by atoms with E-state index >= 15 is 0 Å². The second-order valence-corrected chi connectivity index (χ2v) is 5.69. The number of benzene rings is 2. The Morgan fingerprint density at radius 3 is 2.70 bits per heavy atom. The second-order valence-electron chi connectivity index (χ2n) is 5.69. The van der Waals surface area contributed by atoms with Gasteiger partial charge in [0.2, 0.25) is 11.8 Å². The lowest BCUT2D eigenvalue weighted by Gasteiger charge is -2.15. The Morgan fingerprint density at radius 2 is 1.96 bits per heavy atom. The third kappa shape index (κ3) is 3.42. The number of amides is 2. The molecule has 0 saturated heterocycles. The maximum absolute atomic E-state index is 12.1. The Labute approximate surface area is 136 Å². The maximum Gasteiger partial charge on any atom is 0.231 e. The summed E-state index contributed by atoms with van der Waals surface area (Å²) in [5, 5.41) is 2.92. The highest BCUT2D eigenvalue weighted by atomic mass is 16.2. The SMILES string of the molecule is CCN1C(=O)Cc2cc(NC(=O)CCc3ccccc3)ccc21. The molecule has 0 unspecified atom stereocenters. The summed E-state index contributed by atoms with van der Waals surface area (Å²) in [6, 6.07) is 15.6. The summed E-state index contributed by atoms with van der Waals surface area (Å²) in [7, 11) is 0. The fourth-order valence-corrected chi connectivity index (χ4v) is 2.93. The molecule has 118 valence electrons. The van der Waals surface area contributed by atoms with Gasteiger partial charge in [-0.25, -0.2) is 0 Å². The van der Waals surface area contributed by atoms with Gasteiger partial charge in [0.1, 0.15) is 0 Å². The molecule has 0 aliphatic carbocycles. The molecule has 4 heteroatoms. The monoisotopic (exact) mass is 308 g/mol. The van der Waals surface area contributed by atoms with Gasteiger partial charge in [-0.3, -0.25) is 9.59 Å². The molecule has 0 fully saturated rings. The molecule has 0 radical (unpaired) electrons. The minimum Gasteiger partial charge on any atom is -0.326 e. The number of carbonyl (C=O) groups is 2. The molecular weight excluding hydrogens is 288 g/mol. The summed E-state index contributed by atoms with van der Waals surface area (Å²) in [6.07, 6.45) is 1.58. The van der Waals surface area contributed by atoms with Crippen molar-refractivity contribution in [2.24, 2.45) is 0 Å². The predicted octanol–water partition coefficient (Wildman–Crippen LogP) is 3.17. The van der Waals surface area contributed by atoms with Crippen molar-refractivity contribution in [1.82, 2.24) is 0 Å². The molecule has 0 bridgehead atoms. The van der Waals surface area contributed by atoms with Gasteiger partial charge in [0.15, 0.2) is 0 Å². The number of hydrogen-bond donors (Lipinski definition) is 1. The average molecular weight is 308 g/mol. The van der Waals surface area contributed by atoms with Gasteiger partial charge in [-0.15, -0.1) is 0 Å². The van der Waals surface area contributed by atoms with E-state index in [0.717, 1.165) is 28.9 Å². The minimum absolute atomic E-state index is 0.00882. The van der Waals surface area contributed by atoms with Gasteiger partial charge < -0.3 is 10.2 Å². The van der Waals surface area contributed by atoms with E-state index in [1.165, 1.54) is 0 Å². The zero-order chi connectivity index (χ0) is 16.2. The predicted molar refractivity (Wildman–Crippen MR) is 91.6 cm³/mol. The molecule has 1 N–H and O–H groups in total. The smallest absolute Gasteiger partial charge is 0.231 e. The van der Waals surface area contributed by atoms with Crippen LogP contribution in [0.5, 0.6) is 0 Å². The van der Waals surface area contributed by atoms with Crippen molar-refractivity contribution in [2.45, 2.75) is 26.2 Å². The first-order chi connectivity index (χ1) is 11.2. The van der Waals surface area contributed by atoms with Gasteiger partial charge in [0, 0.05) is 24.3 Å². The van der Waals surface area contributed by atoms with Crippen molar-refractivity contribution in [1.29, 1.82) is 0 Å². The Hall–Kier alpha value is -2.62. The highest BCUT2D eigenvalue weighted by Gasteiger charge is 2.25. The Morgan fingerprint density at radius 1 is 1.17 bits per heavy atom. The van der Waals surface area contributed by atoms with Gasteiger partial charge in [-0.1, -0.05) is 30.3 Å². The van der Waals surface area contributed by atoms with Crippen LogP contribution >= 0.6 is 0 Å². The van der Waals surface area contributed by atoms with Gasteiger partial charge in [-0.2, -0.15) is 0 Å². The molecule has 4 nitrogen and oxygen atoms in total. The largest absolute Gasteiger partial charge is 0.326 e. The van der Waals surface area contributed by atoms with Crippen molar-refractivity contribution in [3.8, 4) is 0 Å². The average Bonchev–Trinajstić information content (AvgIpc) is 2.88. The van der Waals surface area contributed by atoms with Crippen LogP contribution in [0.2, 0.25) is 0 Å². The molecule has 2 amide bonds. The third-order valence-electron chi connectivity index (χ3n) is 4.10. The van der Waals surface area contributed by atoms with Crippen LogP contribution in [0.3, 0.4) is 0 Å². The van der Waals surface area contributed by atoms with Gasteiger partial charge >= 0.3 is 0 Å². The summed E-state index contributed by atoms with van der Waals surface area (Å²) < 4.78 is 0. The van der Waals surface area contributed by atoms with Crippen LogP contribution in [0.25, 0.3) is 0 Å². The number of anilines is 2. The highest BCUT2D eigenvalue weighted by molar-refractivity contribution is 6.02. The van der Waals surface area contributed by atoms with Crippen LogP contribution < -0.4 is 10.2 Å². The normalized spacial score (nSPS) is 13.1. The number of likely N-dealkylation sites (N-methyl/N-ethyl adjacent to an activating group) is 1. The standard InChI is InChI=1S/C19H20N2O2/c1-2-21-17-10-9-16(12-15(17)13-19(21)23)20-18(22)11-8-14-6-4-3-5-7-14/h3-7,9-10,12H,2,8,11,13H2,1H3,(H,20,22). The first-order valence-corrected chi connectivity index (χ1v) is 7.94. The molecule has 23 heavy (non-hydrogen) atoms. The molecule has 1 heterocycles. The van der Waals surface area contributed by atoms with Crippen molar-refractivity contribution >= 4 is 23.2 Å². The zero-order valence-electron chi connectivity index (χ0n) is 13.2. The number of hydrogen-bond acceptors (Lipinski definition) is 2. The quantitative estimate of drug-likeness (QED) is 0.922. The van der Waals surface area contributed by atoms with Crippen LogP contribution in [0.4, 0.5) is 11.4 Å². The van der Waals surface area contributed by atoms with E-state index in [0.29, 0.717) is 19.4 Å². The maximum atomic E-state index is 12.1. The summed E-state index contributed by atoms with van der Waals surface area (Å²) >= 11 is 0. The molecule has 2 aromatic carbocycles. The fourth-order valence-electron chi connectivity index (χ4n) is 2.93. The zero-order valence-corrected chi connectivity index (χ0v) is 13.2. The second kappa shape index (κ2) is 6.65. The fraction of sp³-hybridized carbons (Fsp3) is 0.263. The first-order valence-electron chi connectivity index (χ1n) is 7.94. The van der Waals surface area contributed by atoms with E-state index in [4.69, 9.17) is 0 Å². The number of fused-ring (bicyclic) bond motifs is 1. The molecule has 0 saturated carbocycles. The number of carbonyl (C=O) groups excluding carboxylic acids is 2. The lowest BCUT2D eigenvalue weighted by Crippen LogP contribution is -2.25. The molecule has 1 aliphatic heterocycles. The van der Waals surface area contributed by atoms with Crippen molar-refractivity contribution < 1.29 is 9.59 Å². The highest BCUT2D eigenvalue weighted by Crippen LogP contribution is 2.31. The van der Waals surface area contributed by atoms with E-state index in [1.807, 2.05) is 55.5 Å².